The maximum Gasteiger partial charge on any atom is 0.322 e. The summed E-state index contributed by atoms with van der Waals surface area (Å²) in [7, 11) is 0. The number of hydrogen-bond acceptors (Lipinski definition) is 2. The van der Waals surface area contributed by atoms with E-state index in [9.17, 15) is 4.79 Å². The van der Waals surface area contributed by atoms with E-state index in [1.165, 1.54) is 4.90 Å². The Morgan fingerprint density at radius 3 is 2.65 bits per heavy atom. The lowest BCUT2D eigenvalue weighted by molar-refractivity contribution is 0.242. The molecule has 0 saturated carbocycles. The van der Waals surface area contributed by atoms with Crippen molar-refractivity contribution < 1.29 is 4.79 Å². The van der Waals surface area contributed by atoms with Gasteiger partial charge in [0, 0.05) is 5.56 Å². The fourth-order valence-corrected chi connectivity index (χ4v) is 2.09. The predicted octanol–water partition coefficient (Wildman–Crippen LogP) is 3.45. The van der Waals surface area contributed by atoms with E-state index in [1.807, 2.05) is 37.3 Å². The number of carbonyl (C=O) groups is 1. The van der Waals surface area contributed by atoms with Crippen LogP contribution in [0, 0.1) is 0 Å². The van der Waals surface area contributed by atoms with E-state index in [0.29, 0.717) is 18.8 Å². The first-order chi connectivity index (χ1) is 8.06. The van der Waals surface area contributed by atoms with Crippen molar-refractivity contribution >= 4 is 34.4 Å². The molecule has 0 aliphatic carbocycles. The minimum atomic E-state index is -0.754. The molecule has 17 heavy (non-hydrogen) atoms. The number of hydrogen-bond donors (Lipinski definition) is 0. The lowest BCUT2D eigenvalue weighted by atomic mass is 10.2. The molecule has 0 saturated heterocycles. The first kappa shape index (κ1) is 12.4. The summed E-state index contributed by atoms with van der Waals surface area (Å²) in [6, 6.07) is 9.43. The normalized spacial score (nSPS) is 23.7. The quantitative estimate of drug-likeness (QED) is 0.460. The van der Waals surface area contributed by atoms with Crippen molar-refractivity contribution in [3.8, 4) is 0 Å². The third kappa shape index (κ3) is 2.45. The van der Waals surface area contributed by atoms with Crippen molar-refractivity contribution in [3.63, 3.8) is 0 Å². The van der Waals surface area contributed by atoms with Gasteiger partial charge in [0.05, 0.1) is 6.54 Å². The Labute approximate surface area is 110 Å². The highest BCUT2D eigenvalue weighted by Gasteiger charge is 2.38. The number of benzene rings is 1. The fraction of sp³-hybridized carbons (Fsp3) is 0.333. The summed E-state index contributed by atoms with van der Waals surface area (Å²) >= 11 is 11.9. The Kier molecular flexibility index (Phi) is 3.40. The average molecular weight is 271 g/mol. The highest BCUT2D eigenvalue weighted by molar-refractivity contribution is 6.64. The SMILES string of the molecule is CCC1(Cl)CN(C(=O)Cl)C(c2ccccc2)=N1. The van der Waals surface area contributed by atoms with Gasteiger partial charge >= 0.3 is 5.37 Å². The summed E-state index contributed by atoms with van der Waals surface area (Å²) < 4.78 is 0. The second-order valence-electron chi connectivity index (χ2n) is 3.91. The zero-order chi connectivity index (χ0) is 12.5. The Morgan fingerprint density at radius 1 is 1.47 bits per heavy atom. The molecule has 1 atom stereocenters. The van der Waals surface area contributed by atoms with Crippen LogP contribution in [0.4, 0.5) is 4.79 Å². The fourth-order valence-electron chi connectivity index (χ4n) is 1.75. The van der Waals surface area contributed by atoms with Crippen LogP contribution in [0.2, 0.25) is 0 Å². The standard InChI is InChI=1S/C12H12Cl2N2O/c1-2-12(14)8-16(11(13)17)10(15-12)9-6-4-3-5-7-9/h3-7H,2,8H2,1H3. The van der Waals surface area contributed by atoms with Crippen molar-refractivity contribution in [1.82, 2.24) is 4.90 Å². The molecule has 1 unspecified atom stereocenters. The number of alkyl halides is 1. The largest absolute Gasteiger partial charge is 0.322 e. The molecule has 1 aromatic rings. The van der Waals surface area contributed by atoms with Crippen molar-refractivity contribution in [1.29, 1.82) is 0 Å². The van der Waals surface area contributed by atoms with Crippen molar-refractivity contribution in [2.24, 2.45) is 4.99 Å². The maximum absolute atomic E-state index is 11.4. The van der Waals surface area contributed by atoms with Crippen molar-refractivity contribution in [3.05, 3.63) is 35.9 Å². The van der Waals surface area contributed by atoms with E-state index in [1.54, 1.807) is 0 Å². The van der Waals surface area contributed by atoms with E-state index >= 15 is 0 Å². The molecule has 1 heterocycles. The molecule has 0 N–H and O–H groups in total. The summed E-state index contributed by atoms with van der Waals surface area (Å²) in [6.45, 7) is 2.25. The van der Waals surface area contributed by atoms with Crippen LogP contribution in [-0.2, 0) is 0 Å². The molecular formula is C12H12Cl2N2O. The van der Waals surface area contributed by atoms with Gasteiger partial charge < -0.3 is 0 Å². The Bertz CT molecular complexity index is 461. The van der Waals surface area contributed by atoms with Gasteiger partial charge in [0.1, 0.15) is 5.84 Å². The first-order valence-corrected chi connectivity index (χ1v) is 6.12. The molecule has 1 aliphatic heterocycles. The van der Waals surface area contributed by atoms with Crippen LogP contribution < -0.4 is 0 Å². The third-order valence-corrected chi connectivity index (χ3v) is 3.42. The van der Waals surface area contributed by atoms with Crippen molar-refractivity contribution in [2.75, 3.05) is 6.54 Å². The van der Waals surface area contributed by atoms with Crippen LogP contribution in [0.3, 0.4) is 0 Å². The third-order valence-electron chi connectivity index (χ3n) is 2.75. The van der Waals surface area contributed by atoms with Gasteiger partial charge in [-0.25, -0.2) is 4.99 Å². The van der Waals surface area contributed by atoms with Gasteiger partial charge in [-0.1, -0.05) is 48.9 Å². The van der Waals surface area contributed by atoms with Gasteiger partial charge in [0.15, 0.2) is 5.00 Å². The topological polar surface area (TPSA) is 32.7 Å². The maximum atomic E-state index is 11.4. The van der Waals surface area contributed by atoms with Gasteiger partial charge in [-0.05, 0) is 18.0 Å². The molecule has 0 aromatic heterocycles. The molecule has 0 fully saturated rings. The van der Waals surface area contributed by atoms with Gasteiger partial charge in [-0.3, -0.25) is 9.69 Å². The lowest BCUT2D eigenvalue weighted by Gasteiger charge is -2.18. The Morgan fingerprint density at radius 2 is 2.12 bits per heavy atom. The first-order valence-electron chi connectivity index (χ1n) is 5.37. The van der Waals surface area contributed by atoms with Crippen LogP contribution in [0.5, 0.6) is 0 Å². The zero-order valence-corrected chi connectivity index (χ0v) is 10.9. The van der Waals surface area contributed by atoms with Crippen LogP contribution in [0.15, 0.2) is 35.3 Å². The minimum absolute atomic E-state index is 0.317. The summed E-state index contributed by atoms with van der Waals surface area (Å²) in [5.41, 5.74) is 0.845. The molecule has 1 aliphatic rings. The monoisotopic (exact) mass is 270 g/mol. The summed E-state index contributed by atoms with van der Waals surface area (Å²) in [4.78, 5) is 16.5. The van der Waals surface area contributed by atoms with Gasteiger partial charge in [-0.15, -0.1) is 0 Å². The second-order valence-corrected chi connectivity index (χ2v) is 4.94. The van der Waals surface area contributed by atoms with Crippen LogP contribution >= 0.6 is 23.2 Å². The molecule has 5 heteroatoms. The van der Waals surface area contributed by atoms with Crippen LogP contribution in [0.1, 0.15) is 18.9 Å². The van der Waals surface area contributed by atoms with Gasteiger partial charge in [0.2, 0.25) is 0 Å². The van der Waals surface area contributed by atoms with E-state index in [0.717, 1.165) is 5.56 Å². The van der Waals surface area contributed by atoms with Gasteiger partial charge in [0.25, 0.3) is 0 Å². The number of amides is 1. The van der Waals surface area contributed by atoms with E-state index in [-0.39, 0.29) is 0 Å². The molecular weight excluding hydrogens is 259 g/mol. The molecule has 1 aromatic carbocycles. The molecule has 0 bridgehead atoms. The number of halogens is 2. The summed E-state index contributed by atoms with van der Waals surface area (Å²) in [6.07, 6.45) is 0.644. The van der Waals surface area contributed by atoms with Crippen LogP contribution in [-0.4, -0.2) is 27.6 Å². The zero-order valence-electron chi connectivity index (χ0n) is 9.36. The van der Waals surface area contributed by atoms with Gasteiger partial charge in [-0.2, -0.15) is 0 Å². The highest BCUT2D eigenvalue weighted by atomic mass is 35.5. The van der Waals surface area contributed by atoms with E-state index < -0.39 is 10.4 Å². The van der Waals surface area contributed by atoms with Crippen molar-refractivity contribution in [2.45, 2.75) is 18.3 Å². The van der Waals surface area contributed by atoms with E-state index in [2.05, 4.69) is 4.99 Å². The number of carbonyl (C=O) groups excluding carboxylic acids is 1. The number of amidine groups is 1. The van der Waals surface area contributed by atoms with Crippen LogP contribution in [0.25, 0.3) is 0 Å². The lowest BCUT2D eigenvalue weighted by Crippen LogP contribution is -2.34. The summed E-state index contributed by atoms with van der Waals surface area (Å²) in [5, 5.41) is -0.552. The molecule has 0 radical (unpaired) electrons. The smallest absolute Gasteiger partial charge is 0.279 e. The summed E-state index contributed by atoms with van der Waals surface area (Å²) in [5.74, 6) is 0.544. The number of nitrogens with zero attached hydrogens (tertiary/aromatic N) is 2. The average Bonchev–Trinajstić information content (AvgIpc) is 2.70. The Balaban J connectivity index is 2.41. The molecule has 90 valence electrons. The highest BCUT2D eigenvalue weighted by Crippen LogP contribution is 2.31. The molecule has 0 spiro atoms. The Hall–Kier alpha value is -1.06. The molecule has 3 nitrogen and oxygen atoms in total. The number of rotatable bonds is 2. The predicted molar refractivity (Wildman–Crippen MR) is 69.8 cm³/mol. The minimum Gasteiger partial charge on any atom is -0.279 e. The van der Waals surface area contributed by atoms with E-state index in [4.69, 9.17) is 23.2 Å². The second kappa shape index (κ2) is 4.67. The molecule has 1 amide bonds. The molecule has 2 rings (SSSR count). The number of aliphatic imine (C=N–C) groups is 1.